The fourth-order valence-electron chi connectivity index (χ4n) is 5.00. The highest BCUT2D eigenvalue weighted by Crippen LogP contribution is 2.36. The summed E-state index contributed by atoms with van der Waals surface area (Å²) in [6.45, 7) is 2.81. The minimum absolute atomic E-state index is 0.306. The number of imidazole rings is 1. The molecule has 186 valence electrons. The monoisotopic (exact) mass is 490 g/mol. The van der Waals surface area contributed by atoms with Crippen molar-refractivity contribution in [2.24, 2.45) is 7.05 Å². The van der Waals surface area contributed by atoms with Crippen LogP contribution in [0.15, 0.2) is 84.9 Å². The molecule has 0 aliphatic rings. The second-order valence-corrected chi connectivity index (χ2v) is 9.32. The number of hydrogen-bond donors (Lipinski definition) is 2. The van der Waals surface area contributed by atoms with Crippen LogP contribution in [0.4, 0.5) is 11.4 Å². The number of carboxylic acid groups (broad SMARTS) is 1. The maximum atomic E-state index is 11.6. The molecular weight excluding hydrogens is 460 g/mol. The van der Waals surface area contributed by atoms with Gasteiger partial charge in [-0.25, -0.2) is 9.78 Å². The molecule has 0 spiro atoms. The highest BCUT2D eigenvalue weighted by Gasteiger charge is 2.17. The largest absolute Gasteiger partial charge is 0.478 e. The summed E-state index contributed by atoms with van der Waals surface area (Å²) in [5.74, 6) is 0.0120. The van der Waals surface area contributed by atoms with Gasteiger partial charge in [0.2, 0.25) is 0 Å². The number of aromatic nitrogens is 2. The predicted octanol–water partition coefficient (Wildman–Crippen LogP) is 6.59. The van der Waals surface area contributed by atoms with Crippen LogP contribution in [0.2, 0.25) is 0 Å². The lowest BCUT2D eigenvalue weighted by molar-refractivity contribution is 0.0697. The van der Waals surface area contributed by atoms with Crippen molar-refractivity contribution in [1.29, 1.82) is 0 Å². The molecule has 0 amide bonds. The number of para-hydroxylation sites is 2. The fourth-order valence-corrected chi connectivity index (χ4v) is 5.00. The van der Waals surface area contributed by atoms with Gasteiger partial charge in [0.25, 0.3) is 0 Å². The third-order valence-electron chi connectivity index (χ3n) is 6.86. The molecule has 0 saturated carbocycles. The number of hydrogen-bond acceptors (Lipinski definition) is 4. The van der Waals surface area contributed by atoms with Crippen LogP contribution >= 0.6 is 0 Å². The summed E-state index contributed by atoms with van der Waals surface area (Å²) in [5.41, 5.74) is 9.52. The van der Waals surface area contributed by atoms with Crippen LogP contribution in [0.25, 0.3) is 33.5 Å². The summed E-state index contributed by atoms with van der Waals surface area (Å²) < 4.78 is 2.14. The number of anilines is 2. The normalized spacial score (nSPS) is 11.0. The topological polar surface area (TPSA) is 70.4 Å². The van der Waals surface area contributed by atoms with Crippen LogP contribution in [0, 0.1) is 6.92 Å². The molecule has 0 unspecified atom stereocenters. The van der Waals surface area contributed by atoms with Crippen molar-refractivity contribution < 1.29 is 9.90 Å². The average molecular weight is 491 g/mol. The number of nitrogens with one attached hydrogen (secondary N) is 1. The van der Waals surface area contributed by atoms with Gasteiger partial charge in [-0.3, -0.25) is 0 Å². The summed E-state index contributed by atoms with van der Waals surface area (Å²) in [4.78, 5) is 18.8. The molecular formula is C31H30N4O2. The summed E-state index contributed by atoms with van der Waals surface area (Å²) in [6.07, 6.45) is 0. The van der Waals surface area contributed by atoms with Crippen LogP contribution in [0.5, 0.6) is 0 Å². The fraction of sp³-hybridized carbons (Fsp3) is 0.161. The summed E-state index contributed by atoms with van der Waals surface area (Å²) in [5, 5.41) is 12.9. The SMILES string of the molecule is CNc1c(C)cc(-c2nc3ccccc3n2C)cc1N(C)Cc1ccc(-c2ccccc2C(=O)O)cc1. The Kier molecular flexibility index (Phi) is 6.40. The van der Waals surface area contributed by atoms with Crippen LogP contribution in [0.3, 0.4) is 0 Å². The molecule has 1 heterocycles. The van der Waals surface area contributed by atoms with Gasteiger partial charge in [0.1, 0.15) is 5.82 Å². The van der Waals surface area contributed by atoms with Crippen LogP contribution in [-0.2, 0) is 13.6 Å². The summed E-state index contributed by atoms with van der Waals surface area (Å²) >= 11 is 0. The maximum absolute atomic E-state index is 11.6. The number of nitrogens with zero attached hydrogens (tertiary/aromatic N) is 3. The number of fused-ring (bicyclic) bond motifs is 1. The van der Waals surface area contributed by atoms with Gasteiger partial charge >= 0.3 is 5.97 Å². The number of rotatable bonds is 7. The second-order valence-electron chi connectivity index (χ2n) is 9.32. The molecule has 1 aromatic heterocycles. The zero-order chi connectivity index (χ0) is 26.1. The molecule has 0 radical (unpaired) electrons. The van der Waals surface area contributed by atoms with E-state index in [4.69, 9.17) is 4.98 Å². The standard InChI is InChI=1S/C31H30N4O2/c1-20-17-23(30-33-26-11-7-8-12-27(26)35(30)4)18-28(29(20)32-2)34(3)19-21-13-15-22(16-14-21)24-9-5-6-10-25(24)31(36)37/h5-18,32H,19H2,1-4H3,(H,36,37). The Bertz CT molecular complexity index is 1600. The van der Waals surface area contributed by atoms with E-state index in [2.05, 4.69) is 66.1 Å². The average Bonchev–Trinajstić information content (AvgIpc) is 3.25. The zero-order valence-corrected chi connectivity index (χ0v) is 21.5. The molecule has 4 aromatic carbocycles. The molecule has 37 heavy (non-hydrogen) atoms. The van der Waals surface area contributed by atoms with Crippen molar-refractivity contribution in [3.05, 3.63) is 102 Å². The Morgan fingerprint density at radius 1 is 0.973 bits per heavy atom. The predicted molar refractivity (Wildman–Crippen MR) is 151 cm³/mol. The Hall–Kier alpha value is -4.58. The summed E-state index contributed by atoms with van der Waals surface area (Å²) in [6, 6.07) is 27.8. The van der Waals surface area contributed by atoms with Crippen molar-refractivity contribution in [3.63, 3.8) is 0 Å². The van der Waals surface area contributed by atoms with E-state index in [1.165, 1.54) is 0 Å². The highest BCUT2D eigenvalue weighted by molar-refractivity contribution is 5.96. The van der Waals surface area contributed by atoms with Gasteiger partial charge in [-0.05, 0) is 59.5 Å². The molecule has 0 saturated heterocycles. The van der Waals surface area contributed by atoms with Gasteiger partial charge in [-0.15, -0.1) is 0 Å². The molecule has 6 heteroatoms. The zero-order valence-electron chi connectivity index (χ0n) is 21.5. The molecule has 5 aromatic rings. The lowest BCUT2D eigenvalue weighted by Crippen LogP contribution is -2.18. The van der Waals surface area contributed by atoms with Gasteiger partial charge in [-0.1, -0.05) is 54.6 Å². The van der Waals surface area contributed by atoms with Crippen molar-refractivity contribution in [2.75, 3.05) is 24.3 Å². The maximum Gasteiger partial charge on any atom is 0.336 e. The van der Waals surface area contributed by atoms with Crippen LogP contribution in [-0.4, -0.2) is 34.7 Å². The van der Waals surface area contributed by atoms with E-state index in [1.54, 1.807) is 12.1 Å². The van der Waals surface area contributed by atoms with E-state index in [9.17, 15) is 9.90 Å². The first-order chi connectivity index (χ1) is 17.9. The van der Waals surface area contributed by atoms with E-state index in [1.807, 2.05) is 49.5 Å². The third-order valence-corrected chi connectivity index (χ3v) is 6.86. The van der Waals surface area contributed by atoms with Crippen molar-refractivity contribution in [3.8, 4) is 22.5 Å². The van der Waals surface area contributed by atoms with Gasteiger partial charge in [0.15, 0.2) is 0 Å². The van der Waals surface area contributed by atoms with Gasteiger partial charge < -0.3 is 19.9 Å². The minimum Gasteiger partial charge on any atom is -0.478 e. The smallest absolute Gasteiger partial charge is 0.336 e. The Balaban J connectivity index is 1.46. The minimum atomic E-state index is -0.921. The molecule has 2 N–H and O–H groups in total. The number of carboxylic acids is 1. The van der Waals surface area contributed by atoms with E-state index in [-0.39, 0.29) is 0 Å². The summed E-state index contributed by atoms with van der Waals surface area (Å²) in [7, 11) is 6.09. The Labute approximate surface area is 216 Å². The number of carbonyl (C=O) groups is 1. The van der Waals surface area contributed by atoms with Crippen LogP contribution < -0.4 is 10.2 Å². The van der Waals surface area contributed by atoms with Gasteiger partial charge in [0.05, 0.1) is 28.0 Å². The van der Waals surface area contributed by atoms with Gasteiger partial charge in [0, 0.05) is 33.3 Å². The van der Waals surface area contributed by atoms with E-state index >= 15 is 0 Å². The first-order valence-corrected chi connectivity index (χ1v) is 12.2. The molecule has 6 nitrogen and oxygen atoms in total. The highest BCUT2D eigenvalue weighted by atomic mass is 16.4. The third kappa shape index (κ3) is 4.54. The first kappa shape index (κ1) is 24.1. The molecule has 0 aliphatic heterocycles. The first-order valence-electron chi connectivity index (χ1n) is 12.2. The molecule has 0 fully saturated rings. The molecule has 5 rings (SSSR count). The lowest BCUT2D eigenvalue weighted by atomic mass is 9.98. The molecule has 0 aliphatic carbocycles. The lowest BCUT2D eigenvalue weighted by Gasteiger charge is -2.25. The van der Waals surface area contributed by atoms with E-state index in [0.29, 0.717) is 12.1 Å². The Morgan fingerprint density at radius 2 is 1.68 bits per heavy atom. The molecule has 0 atom stereocenters. The quantitative estimate of drug-likeness (QED) is 0.269. The number of aromatic carboxylic acids is 1. The van der Waals surface area contributed by atoms with Crippen molar-refractivity contribution in [2.45, 2.75) is 13.5 Å². The van der Waals surface area contributed by atoms with Crippen molar-refractivity contribution in [1.82, 2.24) is 9.55 Å². The van der Waals surface area contributed by atoms with E-state index in [0.717, 1.165) is 56.0 Å². The second kappa shape index (κ2) is 9.82. The Morgan fingerprint density at radius 3 is 2.38 bits per heavy atom. The number of aryl methyl sites for hydroxylation is 2. The van der Waals surface area contributed by atoms with Crippen molar-refractivity contribution >= 4 is 28.4 Å². The number of benzene rings is 4. The van der Waals surface area contributed by atoms with E-state index < -0.39 is 5.97 Å². The van der Waals surface area contributed by atoms with Gasteiger partial charge in [-0.2, -0.15) is 0 Å². The van der Waals surface area contributed by atoms with Crippen LogP contribution in [0.1, 0.15) is 21.5 Å². The molecule has 0 bridgehead atoms.